The van der Waals surface area contributed by atoms with Crippen LogP contribution >= 0.6 is 0 Å². The number of halogens is 5. The van der Waals surface area contributed by atoms with Crippen molar-refractivity contribution in [2.24, 2.45) is 0 Å². The average Bonchev–Trinajstić information content (AvgIpc) is 2.95. The summed E-state index contributed by atoms with van der Waals surface area (Å²) in [6.45, 7) is 6.26. The van der Waals surface area contributed by atoms with E-state index in [0.717, 1.165) is 29.1 Å². The minimum atomic E-state index is -5.13. The van der Waals surface area contributed by atoms with Crippen LogP contribution in [0.15, 0.2) is 29.3 Å². The van der Waals surface area contributed by atoms with Crippen LogP contribution in [0.4, 0.5) is 27.6 Å². The summed E-state index contributed by atoms with van der Waals surface area (Å²) in [5.74, 6) is -4.31. The van der Waals surface area contributed by atoms with Crippen molar-refractivity contribution in [1.29, 1.82) is 0 Å². The molecule has 12 heteroatoms. The molecule has 2 N–H and O–H groups in total. The molecule has 0 saturated carbocycles. The van der Waals surface area contributed by atoms with Gasteiger partial charge in [0.05, 0.1) is 24.2 Å². The predicted molar refractivity (Wildman–Crippen MR) is 91.0 cm³/mol. The van der Waals surface area contributed by atoms with Crippen molar-refractivity contribution in [3.05, 3.63) is 57.9 Å². The summed E-state index contributed by atoms with van der Waals surface area (Å²) in [7, 11) is 0. The van der Waals surface area contributed by atoms with Crippen LogP contribution < -0.4 is 10.9 Å². The lowest BCUT2D eigenvalue weighted by Gasteiger charge is -2.14. The van der Waals surface area contributed by atoms with Gasteiger partial charge in [0.15, 0.2) is 0 Å². The lowest BCUT2D eigenvalue weighted by molar-refractivity contribution is -0.173. The molecule has 0 aliphatic rings. The molecule has 0 aliphatic carbocycles. The number of nitrogens with zero attached hydrogens (tertiary/aromatic N) is 3. The molecule has 1 amide bonds. The Hall–Kier alpha value is -3.75. The zero-order valence-corrected chi connectivity index (χ0v) is 14.3. The van der Waals surface area contributed by atoms with E-state index >= 15 is 0 Å². The summed E-state index contributed by atoms with van der Waals surface area (Å²) in [5.41, 5.74) is -2.57. The molecule has 3 rings (SSSR count). The van der Waals surface area contributed by atoms with Gasteiger partial charge in [-0.25, -0.2) is 18.6 Å². The van der Waals surface area contributed by atoms with E-state index in [-0.39, 0.29) is 22.4 Å². The van der Waals surface area contributed by atoms with E-state index in [0.29, 0.717) is 0 Å². The molecule has 3 aromatic rings. The van der Waals surface area contributed by atoms with Crippen LogP contribution in [0, 0.1) is 18.2 Å². The van der Waals surface area contributed by atoms with Gasteiger partial charge in [0.1, 0.15) is 22.7 Å². The number of fused-ring (bicyclic) bond motifs is 1. The first-order valence-corrected chi connectivity index (χ1v) is 7.93. The molecule has 0 bridgehead atoms. The minimum Gasteiger partial charge on any atom is -0.346 e. The lowest BCUT2D eigenvalue weighted by Crippen LogP contribution is -2.38. The highest BCUT2D eigenvalue weighted by atomic mass is 19.4. The number of alkyl halides is 3. The third kappa shape index (κ3) is 3.54. The number of carbonyl (C=O) groups excluding carboxylic acids is 1. The molecule has 0 radical (unpaired) electrons. The number of aromatic amines is 1. The predicted octanol–water partition coefficient (Wildman–Crippen LogP) is 2.90. The molecule has 0 unspecified atom stereocenters. The minimum absolute atomic E-state index is 0.177. The Morgan fingerprint density at radius 2 is 1.93 bits per heavy atom. The molecule has 7 nitrogen and oxygen atoms in total. The largest absolute Gasteiger partial charge is 0.471 e. The molecular formula is C17H10F5N5O2. The molecule has 2 heterocycles. The standard InChI is InChI=1S/C17H10F5N5O2/c1-23-11-12-14(15(28)26-7-25-12)27(6-5-24-16(29)17(20,21)22)13(11)10-8(18)3-2-4-9(10)19/h2-4,7H,5-6H2,(H,24,29)(H,25,26,28). The van der Waals surface area contributed by atoms with Crippen LogP contribution in [-0.2, 0) is 11.3 Å². The number of H-pyrrole nitrogens is 1. The summed E-state index contributed by atoms with van der Waals surface area (Å²) in [5, 5.41) is 1.61. The summed E-state index contributed by atoms with van der Waals surface area (Å²) in [6, 6.07) is 2.95. The van der Waals surface area contributed by atoms with Gasteiger partial charge in [-0.2, -0.15) is 13.2 Å². The van der Waals surface area contributed by atoms with E-state index in [1.165, 1.54) is 0 Å². The number of hydrogen-bond acceptors (Lipinski definition) is 3. The van der Waals surface area contributed by atoms with E-state index in [4.69, 9.17) is 6.57 Å². The molecule has 0 aliphatic heterocycles. The molecule has 0 spiro atoms. The Morgan fingerprint density at radius 1 is 1.28 bits per heavy atom. The topological polar surface area (TPSA) is 84.1 Å². The zero-order valence-electron chi connectivity index (χ0n) is 14.3. The van der Waals surface area contributed by atoms with Crippen LogP contribution in [-0.4, -0.2) is 33.2 Å². The van der Waals surface area contributed by atoms with Gasteiger partial charge in [-0.15, -0.1) is 0 Å². The SMILES string of the molecule is [C-]#[N+]c1c(-c2c(F)cccc2F)n(CCNC(=O)C(F)(F)F)c2c(=O)[nH]cnc12. The maximum atomic E-state index is 14.4. The van der Waals surface area contributed by atoms with E-state index in [1.807, 2.05) is 0 Å². The number of carbonyl (C=O) groups is 1. The third-order valence-electron chi connectivity index (χ3n) is 4.01. The number of benzene rings is 1. The summed E-state index contributed by atoms with van der Waals surface area (Å²) >= 11 is 0. The quantitative estimate of drug-likeness (QED) is 0.512. The van der Waals surface area contributed by atoms with E-state index in [9.17, 15) is 31.5 Å². The summed E-state index contributed by atoms with van der Waals surface area (Å²) in [6.07, 6.45) is -4.14. The summed E-state index contributed by atoms with van der Waals surface area (Å²) < 4.78 is 66.9. The maximum absolute atomic E-state index is 14.4. The molecule has 29 heavy (non-hydrogen) atoms. The highest BCUT2D eigenvalue weighted by Crippen LogP contribution is 2.40. The maximum Gasteiger partial charge on any atom is 0.471 e. The van der Waals surface area contributed by atoms with Gasteiger partial charge >= 0.3 is 12.1 Å². The fraction of sp³-hybridized carbons (Fsp3) is 0.176. The van der Waals surface area contributed by atoms with E-state index in [2.05, 4.69) is 14.8 Å². The van der Waals surface area contributed by atoms with Crippen LogP contribution in [0.2, 0.25) is 0 Å². The Kier molecular flexibility index (Phi) is 5.06. The van der Waals surface area contributed by atoms with Gasteiger partial charge in [0.25, 0.3) is 5.56 Å². The van der Waals surface area contributed by atoms with Gasteiger partial charge < -0.3 is 14.9 Å². The molecule has 150 valence electrons. The first kappa shape index (κ1) is 20.0. The van der Waals surface area contributed by atoms with Crippen molar-refractivity contribution >= 4 is 22.6 Å². The normalized spacial score (nSPS) is 11.4. The molecule has 1 aromatic carbocycles. The van der Waals surface area contributed by atoms with Crippen molar-refractivity contribution in [2.45, 2.75) is 12.7 Å². The Bertz CT molecular complexity index is 1190. The van der Waals surface area contributed by atoms with Crippen molar-refractivity contribution in [3.63, 3.8) is 0 Å². The zero-order chi connectivity index (χ0) is 21.3. The van der Waals surface area contributed by atoms with Crippen LogP contribution in [0.1, 0.15) is 0 Å². The average molecular weight is 411 g/mol. The van der Waals surface area contributed by atoms with Crippen molar-refractivity contribution in [2.75, 3.05) is 6.54 Å². The first-order valence-electron chi connectivity index (χ1n) is 7.93. The highest BCUT2D eigenvalue weighted by Gasteiger charge is 2.38. The van der Waals surface area contributed by atoms with Crippen LogP contribution in [0.3, 0.4) is 0 Å². The molecule has 0 atom stereocenters. The molecule has 0 saturated heterocycles. The third-order valence-corrected chi connectivity index (χ3v) is 4.01. The summed E-state index contributed by atoms with van der Waals surface area (Å²) in [4.78, 5) is 32.6. The second-order valence-electron chi connectivity index (χ2n) is 5.74. The Labute approximate surface area is 158 Å². The Morgan fingerprint density at radius 3 is 2.52 bits per heavy atom. The molecule has 2 aromatic heterocycles. The van der Waals surface area contributed by atoms with Crippen molar-refractivity contribution in [1.82, 2.24) is 19.9 Å². The number of aromatic nitrogens is 3. The number of hydrogen-bond donors (Lipinski definition) is 2. The Balaban J connectivity index is 2.21. The monoisotopic (exact) mass is 411 g/mol. The number of amides is 1. The molecular weight excluding hydrogens is 401 g/mol. The van der Waals surface area contributed by atoms with Crippen molar-refractivity contribution in [3.8, 4) is 11.3 Å². The lowest BCUT2D eigenvalue weighted by atomic mass is 10.1. The van der Waals surface area contributed by atoms with Gasteiger partial charge in [-0.05, 0) is 12.1 Å². The second kappa shape index (κ2) is 7.34. The van der Waals surface area contributed by atoms with E-state index in [1.54, 1.807) is 5.32 Å². The van der Waals surface area contributed by atoms with Crippen LogP contribution in [0.25, 0.3) is 27.1 Å². The van der Waals surface area contributed by atoms with Gasteiger partial charge in [-0.1, -0.05) is 6.07 Å². The van der Waals surface area contributed by atoms with Gasteiger partial charge in [0, 0.05) is 13.1 Å². The molecule has 0 fully saturated rings. The highest BCUT2D eigenvalue weighted by molar-refractivity contribution is 5.99. The second-order valence-corrected chi connectivity index (χ2v) is 5.74. The number of nitrogens with one attached hydrogen (secondary N) is 2. The van der Waals surface area contributed by atoms with Crippen molar-refractivity contribution < 1.29 is 26.7 Å². The smallest absolute Gasteiger partial charge is 0.346 e. The van der Waals surface area contributed by atoms with E-state index < -0.39 is 47.9 Å². The first-order chi connectivity index (χ1) is 13.7. The van der Waals surface area contributed by atoms with Crippen LogP contribution in [0.5, 0.6) is 0 Å². The fourth-order valence-corrected chi connectivity index (χ4v) is 2.86. The van der Waals surface area contributed by atoms with Gasteiger partial charge in [0.2, 0.25) is 5.69 Å². The fourth-order valence-electron chi connectivity index (χ4n) is 2.86. The van der Waals surface area contributed by atoms with Gasteiger partial charge in [-0.3, -0.25) is 9.59 Å². The number of rotatable bonds is 4.